The summed E-state index contributed by atoms with van der Waals surface area (Å²) in [4.78, 5) is 8.86. The van der Waals surface area contributed by atoms with E-state index in [4.69, 9.17) is 4.42 Å². The van der Waals surface area contributed by atoms with Crippen LogP contribution in [0.3, 0.4) is 0 Å². The SMILES string of the molecule is Cc1ccc(Nc2cc(NCc3ccco3)nc(C)n2)c(C)c1. The quantitative estimate of drug-likeness (QED) is 0.733. The molecule has 3 aromatic rings. The lowest BCUT2D eigenvalue weighted by Gasteiger charge is -2.12. The van der Waals surface area contributed by atoms with Crippen LogP contribution in [0.15, 0.2) is 47.1 Å². The van der Waals surface area contributed by atoms with Crippen LogP contribution in [0.4, 0.5) is 17.3 Å². The van der Waals surface area contributed by atoms with Crippen molar-refractivity contribution in [3.05, 3.63) is 65.4 Å². The molecule has 0 saturated heterocycles. The predicted molar refractivity (Wildman–Crippen MR) is 92.0 cm³/mol. The Hall–Kier alpha value is -2.82. The Morgan fingerprint density at radius 2 is 1.83 bits per heavy atom. The van der Waals surface area contributed by atoms with Crippen molar-refractivity contribution in [3.8, 4) is 0 Å². The average molecular weight is 308 g/mol. The van der Waals surface area contributed by atoms with E-state index in [1.54, 1.807) is 6.26 Å². The highest BCUT2D eigenvalue weighted by atomic mass is 16.3. The molecule has 0 aliphatic rings. The van der Waals surface area contributed by atoms with Crippen LogP contribution in [-0.4, -0.2) is 9.97 Å². The van der Waals surface area contributed by atoms with Crippen molar-refractivity contribution in [2.24, 2.45) is 0 Å². The second-order valence-corrected chi connectivity index (χ2v) is 5.56. The van der Waals surface area contributed by atoms with Gasteiger partial charge in [-0.05, 0) is 44.5 Å². The second kappa shape index (κ2) is 6.52. The van der Waals surface area contributed by atoms with Gasteiger partial charge < -0.3 is 15.1 Å². The summed E-state index contributed by atoms with van der Waals surface area (Å²) in [6, 6.07) is 12.0. The summed E-state index contributed by atoms with van der Waals surface area (Å²) in [5.41, 5.74) is 3.48. The van der Waals surface area contributed by atoms with E-state index in [1.165, 1.54) is 11.1 Å². The Balaban J connectivity index is 1.77. The Labute approximate surface area is 135 Å². The summed E-state index contributed by atoms with van der Waals surface area (Å²) in [6.45, 7) is 6.64. The number of aryl methyl sites for hydroxylation is 3. The van der Waals surface area contributed by atoms with Gasteiger partial charge in [-0.1, -0.05) is 17.7 Å². The van der Waals surface area contributed by atoms with E-state index in [9.17, 15) is 0 Å². The van der Waals surface area contributed by atoms with Gasteiger partial charge in [-0.15, -0.1) is 0 Å². The first-order valence-corrected chi connectivity index (χ1v) is 7.56. The molecule has 5 nitrogen and oxygen atoms in total. The largest absolute Gasteiger partial charge is 0.467 e. The van der Waals surface area contributed by atoms with Gasteiger partial charge in [-0.25, -0.2) is 9.97 Å². The first-order valence-electron chi connectivity index (χ1n) is 7.56. The molecule has 0 spiro atoms. The van der Waals surface area contributed by atoms with Crippen molar-refractivity contribution in [1.29, 1.82) is 0 Å². The lowest BCUT2D eigenvalue weighted by molar-refractivity contribution is 0.518. The highest BCUT2D eigenvalue weighted by molar-refractivity contribution is 5.62. The van der Waals surface area contributed by atoms with Crippen LogP contribution in [0.2, 0.25) is 0 Å². The molecule has 0 radical (unpaired) electrons. The van der Waals surface area contributed by atoms with Crippen molar-refractivity contribution in [2.45, 2.75) is 27.3 Å². The molecule has 0 saturated carbocycles. The third-order valence-corrected chi connectivity index (χ3v) is 3.51. The molecule has 0 aliphatic heterocycles. The molecule has 0 atom stereocenters. The van der Waals surface area contributed by atoms with E-state index in [0.717, 1.165) is 23.1 Å². The highest BCUT2D eigenvalue weighted by Gasteiger charge is 2.05. The summed E-state index contributed by atoms with van der Waals surface area (Å²) in [7, 11) is 0. The zero-order valence-corrected chi connectivity index (χ0v) is 13.6. The third kappa shape index (κ3) is 3.88. The molecule has 2 N–H and O–H groups in total. The maximum atomic E-state index is 5.32. The van der Waals surface area contributed by atoms with Crippen LogP contribution in [0.1, 0.15) is 22.7 Å². The first kappa shape index (κ1) is 15.1. The number of nitrogens with one attached hydrogen (secondary N) is 2. The molecule has 0 bridgehead atoms. The molecule has 2 heterocycles. The lowest BCUT2D eigenvalue weighted by Crippen LogP contribution is -2.05. The zero-order valence-electron chi connectivity index (χ0n) is 13.6. The third-order valence-electron chi connectivity index (χ3n) is 3.51. The normalized spacial score (nSPS) is 10.6. The minimum Gasteiger partial charge on any atom is -0.467 e. The zero-order chi connectivity index (χ0) is 16.2. The van der Waals surface area contributed by atoms with Gasteiger partial charge in [0.05, 0.1) is 12.8 Å². The summed E-state index contributed by atoms with van der Waals surface area (Å²) < 4.78 is 5.32. The lowest BCUT2D eigenvalue weighted by atomic mass is 10.1. The summed E-state index contributed by atoms with van der Waals surface area (Å²) in [6.07, 6.45) is 1.66. The molecule has 3 rings (SSSR count). The fourth-order valence-electron chi connectivity index (χ4n) is 2.40. The molecule has 0 fully saturated rings. The maximum absolute atomic E-state index is 5.32. The molecule has 23 heavy (non-hydrogen) atoms. The van der Waals surface area contributed by atoms with Crippen LogP contribution in [0.5, 0.6) is 0 Å². The number of furan rings is 1. The first-order chi connectivity index (χ1) is 11.1. The second-order valence-electron chi connectivity index (χ2n) is 5.56. The number of aromatic nitrogens is 2. The highest BCUT2D eigenvalue weighted by Crippen LogP contribution is 2.22. The summed E-state index contributed by atoms with van der Waals surface area (Å²) in [5.74, 6) is 3.11. The maximum Gasteiger partial charge on any atom is 0.136 e. The van der Waals surface area contributed by atoms with Crippen molar-refractivity contribution >= 4 is 17.3 Å². The predicted octanol–water partition coefficient (Wildman–Crippen LogP) is 4.35. The van der Waals surface area contributed by atoms with Gasteiger partial charge in [-0.2, -0.15) is 0 Å². The Morgan fingerprint density at radius 1 is 1.00 bits per heavy atom. The van der Waals surface area contributed by atoms with Crippen LogP contribution < -0.4 is 10.6 Å². The fraction of sp³-hybridized carbons (Fsp3) is 0.222. The van der Waals surface area contributed by atoms with Gasteiger partial charge in [-0.3, -0.25) is 0 Å². The van der Waals surface area contributed by atoms with E-state index < -0.39 is 0 Å². The van der Waals surface area contributed by atoms with Crippen LogP contribution >= 0.6 is 0 Å². The van der Waals surface area contributed by atoms with Gasteiger partial charge in [0.2, 0.25) is 0 Å². The molecule has 5 heteroatoms. The van der Waals surface area contributed by atoms with E-state index in [-0.39, 0.29) is 0 Å². The Morgan fingerprint density at radius 3 is 2.57 bits per heavy atom. The molecule has 1 aromatic carbocycles. The van der Waals surface area contributed by atoms with E-state index >= 15 is 0 Å². The smallest absolute Gasteiger partial charge is 0.136 e. The van der Waals surface area contributed by atoms with E-state index in [1.807, 2.05) is 25.1 Å². The number of anilines is 3. The van der Waals surface area contributed by atoms with Crippen LogP contribution in [0.25, 0.3) is 0 Å². The van der Waals surface area contributed by atoms with Crippen molar-refractivity contribution < 1.29 is 4.42 Å². The molecule has 0 unspecified atom stereocenters. The molecule has 2 aromatic heterocycles. The number of benzene rings is 1. The van der Waals surface area contributed by atoms with Gasteiger partial charge in [0.15, 0.2) is 0 Å². The van der Waals surface area contributed by atoms with Gasteiger partial charge >= 0.3 is 0 Å². The monoisotopic (exact) mass is 308 g/mol. The van der Waals surface area contributed by atoms with Crippen molar-refractivity contribution in [2.75, 3.05) is 10.6 Å². The number of hydrogen-bond acceptors (Lipinski definition) is 5. The molecule has 118 valence electrons. The van der Waals surface area contributed by atoms with Crippen LogP contribution in [-0.2, 0) is 6.54 Å². The molecular weight excluding hydrogens is 288 g/mol. The average Bonchev–Trinajstić information content (AvgIpc) is 3.01. The molecule has 0 aliphatic carbocycles. The van der Waals surface area contributed by atoms with E-state index in [0.29, 0.717) is 12.4 Å². The van der Waals surface area contributed by atoms with Crippen LogP contribution in [0, 0.1) is 20.8 Å². The Bertz CT molecular complexity index is 797. The minimum atomic E-state index is 0.590. The summed E-state index contributed by atoms with van der Waals surface area (Å²) >= 11 is 0. The molecule has 0 amide bonds. The summed E-state index contributed by atoms with van der Waals surface area (Å²) in [5, 5.41) is 6.61. The molecular formula is C18H20N4O. The number of rotatable bonds is 5. The van der Waals surface area contributed by atoms with E-state index in [2.05, 4.69) is 52.6 Å². The van der Waals surface area contributed by atoms with Crippen molar-refractivity contribution in [3.63, 3.8) is 0 Å². The topological polar surface area (TPSA) is 63.0 Å². The number of nitrogens with zero attached hydrogens (tertiary/aromatic N) is 2. The van der Waals surface area contributed by atoms with Gasteiger partial charge in [0, 0.05) is 11.8 Å². The van der Waals surface area contributed by atoms with Crippen molar-refractivity contribution in [1.82, 2.24) is 9.97 Å². The minimum absolute atomic E-state index is 0.590. The van der Waals surface area contributed by atoms with Gasteiger partial charge in [0.25, 0.3) is 0 Å². The van der Waals surface area contributed by atoms with Gasteiger partial charge in [0.1, 0.15) is 23.2 Å². The fourth-order valence-corrected chi connectivity index (χ4v) is 2.40. The standard InChI is InChI=1S/C18H20N4O/c1-12-6-7-16(13(2)9-12)22-18-10-17(20-14(3)21-18)19-11-15-5-4-8-23-15/h4-10H,11H2,1-3H3,(H2,19,20,21,22). The Kier molecular flexibility index (Phi) is 4.28. The number of hydrogen-bond donors (Lipinski definition) is 2.